The van der Waals surface area contributed by atoms with Crippen LogP contribution in [0.5, 0.6) is 0 Å². The Bertz CT molecular complexity index is 513. The van der Waals surface area contributed by atoms with Crippen molar-refractivity contribution in [3.63, 3.8) is 0 Å². The van der Waals surface area contributed by atoms with Crippen molar-refractivity contribution in [3.05, 3.63) is 33.2 Å². The van der Waals surface area contributed by atoms with Crippen molar-refractivity contribution in [1.82, 2.24) is 10.1 Å². The Kier molecular flexibility index (Phi) is 2.68. The summed E-state index contributed by atoms with van der Waals surface area (Å²) in [6, 6.07) is 2.15. The van der Waals surface area contributed by atoms with Crippen LogP contribution in [0.1, 0.15) is 5.56 Å². The minimum Gasteiger partial charge on any atom is -0.333 e. The second kappa shape index (κ2) is 3.84. The SMILES string of the molecule is Cc1cc(-c2nc(I)no2)c(F)cc1F. The largest absolute Gasteiger partial charge is 0.333 e. The average molecular weight is 322 g/mol. The molecule has 1 heterocycles. The van der Waals surface area contributed by atoms with E-state index in [1.807, 2.05) is 22.6 Å². The zero-order valence-electron chi connectivity index (χ0n) is 7.59. The molecule has 0 aliphatic heterocycles. The molecule has 0 saturated carbocycles. The molecule has 0 spiro atoms. The van der Waals surface area contributed by atoms with Gasteiger partial charge in [-0.1, -0.05) is 5.16 Å². The van der Waals surface area contributed by atoms with E-state index >= 15 is 0 Å². The van der Waals surface area contributed by atoms with Gasteiger partial charge in [0.25, 0.3) is 5.89 Å². The number of hydrogen-bond donors (Lipinski definition) is 0. The van der Waals surface area contributed by atoms with Crippen molar-refractivity contribution in [3.8, 4) is 11.5 Å². The number of benzene rings is 1. The minimum absolute atomic E-state index is 0.0556. The molecule has 0 radical (unpaired) electrons. The van der Waals surface area contributed by atoms with Gasteiger partial charge in [-0.15, -0.1) is 0 Å². The van der Waals surface area contributed by atoms with Gasteiger partial charge in [-0.25, -0.2) is 8.78 Å². The van der Waals surface area contributed by atoms with E-state index in [9.17, 15) is 8.78 Å². The highest BCUT2D eigenvalue weighted by Gasteiger charge is 2.14. The van der Waals surface area contributed by atoms with Crippen LogP contribution < -0.4 is 0 Å². The number of aryl methyl sites for hydroxylation is 1. The molecule has 78 valence electrons. The van der Waals surface area contributed by atoms with Gasteiger partial charge in [0, 0.05) is 28.7 Å². The van der Waals surface area contributed by atoms with Crippen molar-refractivity contribution in [2.75, 3.05) is 0 Å². The first kappa shape index (κ1) is 10.5. The van der Waals surface area contributed by atoms with E-state index in [0.29, 0.717) is 9.39 Å². The Morgan fingerprint density at radius 2 is 2.00 bits per heavy atom. The average Bonchev–Trinajstić information content (AvgIpc) is 2.58. The van der Waals surface area contributed by atoms with Crippen LogP contribution >= 0.6 is 22.6 Å². The first-order chi connectivity index (χ1) is 7.08. The van der Waals surface area contributed by atoms with Gasteiger partial charge in [-0.2, -0.15) is 4.98 Å². The Hall–Kier alpha value is -1.05. The minimum atomic E-state index is -0.710. The van der Waals surface area contributed by atoms with Gasteiger partial charge in [0.15, 0.2) is 0 Å². The zero-order valence-corrected chi connectivity index (χ0v) is 9.75. The van der Waals surface area contributed by atoms with E-state index in [0.717, 1.165) is 6.07 Å². The highest BCUT2D eigenvalue weighted by Crippen LogP contribution is 2.24. The molecule has 3 nitrogen and oxygen atoms in total. The van der Waals surface area contributed by atoms with Gasteiger partial charge >= 0.3 is 0 Å². The molecular formula is C9H5F2IN2O. The third-order valence-electron chi connectivity index (χ3n) is 1.88. The maximum atomic E-state index is 13.4. The highest BCUT2D eigenvalue weighted by atomic mass is 127. The highest BCUT2D eigenvalue weighted by molar-refractivity contribution is 14.1. The molecule has 6 heteroatoms. The molecule has 2 rings (SSSR count). The van der Waals surface area contributed by atoms with Crippen molar-refractivity contribution >= 4 is 22.6 Å². The Morgan fingerprint density at radius 3 is 2.60 bits per heavy atom. The standard InChI is InChI=1S/C9H5F2IN2O/c1-4-2-5(7(11)3-6(4)10)8-13-9(12)14-15-8/h2-3H,1H3. The first-order valence-corrected chi connectivity index (χ1v) is 5.11. The smallest absolute Gasteiger partial charge is 0.261 e. The summed E-state index contributed by atoms with van der Waals surface area (Å²) in [5, 5.41) is 3.53. The lowest BCUT2D eigenvalue weighted by atomic mass is 10.1. The number of aromatic nitrogens is 2. The molecule has 0 N–H and O–H groups in total. The summed E-state index contributed by atoms with van der Waals surface area (Å²) in [6.45, 7) is 1.54. The van der Waals surface area contributed by atoms with Gasteiger partial charge in [0.1, 0.15) is 11.6 Å². The van der Waals surface area contributed by atoms with E-state index in [-0.39, 0.29) is 11.5 Å². The van der Waals surface area contributed by atoms with Crippen molar-refractivity contribution in [1.29, 1.82) is 0 Å². The van der Waals surface area contributed by atoms with Gasteiger partial charge in [-0.3, -0.25) is 0 Å². The summed E-state index contributed by atoms with van der Waals surface area (Å²) in [6.07, 6.45) is 0. The van der Waals surface area contributed by atoms with Gasteiger partial charge in [0.2, 0.25) is 3.83 Å². The van der Waals surface area contributed by atoms with Gasteiger partial charge < -0.3 is 4.52 Å². The predicted octanol–water partition coefficient (Wildman–Crippen LogP) is 2.93. The van der Waals surface area contributed by atoms with Crippen LogP contribution in [0, 0.1) is 22.4 Å². The quantitative estimate of drug-likeness (QED) is 0.758. The van der Waals surface area contributed by atoms with Crippen molar-refractivity contribution in [2.24, 2.45) is 0 Å². The van der Waals surface area contributed by atoms with Crippen LogP contribution in [0.4, 0.5) is 8.78 Å². The second-order valence-corrected chi connectivity index (χ2v) is 3.91. The topological polar surface area (TPSA) is 38.9 Å². The lowest BCUT2D eigenvalue weighted by Crippen LogP contribution is -1.90. The Morgan fingerprint density at radius 1 is 1.27 bits per heavy atom. The fourth-order valence-electron chi connectivity index (χ4n) is 1.14. The van der Waals surface area contributed by atoms with Crippen LogP contribution in [0.3, 0.4) is 0 Å². The van der Waals surface area contributed by atoms with Crippen molar-refractivity contribution in [2.45, 2.75) is 6.92 Å². The second-order valence-electron chi connectivity index (χ2n) is 2.95. The molecule has 0 saturated heterocycles. The molecule has 0 fully saturated rings. The molecular weight excluding hydrogens is 317 g/mol. The molecule has 1 aromatic heterocycles. The Balaban J connectivity index is 2.58. The predicted molar refractivity (Wildman–Crippen MR) is 57.1 cm³/mol. The third kappa shape index (κ3) is 1.99. The molecule has 0 amide bonds. The number of hydrogen-bond acceptors (Lipinski definition) is 3. The van der Waals surface area contributed by atoms with E-state index in [1.54, 1.807) is 6.92 Å². The Labute approximate surface area is 97.6 Å². The van der Waals surface area contributed by atoms with Crippen LogP contribution in [-0.2, 0) is 0 Å². The summed E-state index contributed by atoms with van der Waals surface area (Å²) < 4.78 is 31.5. The summed E-state index contributed by atoms with van der Waals surface area (Å²) >= 11 is 1.84. The fraction of sp³-hybridized carbons (Fsp3) is 0.111. The summed E-state index contributed by atoms with van der Waals surface area (Å²) in [7, 11) is 0. The van der Waals surface area contributed by atoms with Crippen LogP contribution in [0.15, 0.2) is 16.7 Å². The number of halogens is 3. The molecule has 0 aliphatic rings. The van der Waals surface area contributed by atoms with E-state index in [4.69, 9.17) is 4.52 Å². The molecule has 0 unspecified atom stereocenters. The van der Waals surface area contributed by atoms with Crippen LogP contribution in [-0.4, -0.2) is 10.1 Å². The summed E-state index contributed by atoms with van der Waals surface area (Å²) in [4.78, 5) is 3.86. The van der Waals surface area contributed by atoms with E-state index in [2.05, 4.69) is 10.1 Å². The lowest BCUT2D eigenvalue weighted by molar-refractivity contribution is 0.423. The maximum Gasteiger partial charge on any atom is 0.261 e. The fourth-order valence-corrected chi connectivity index (χ4v) is 1.45. The van der Waals surface area contributed by atoms with Crippen LogP contribution in [0.25, 0.3) is 11.5 Å². The molecule has 2 aromatic rings. The molecule has 0 bridgehead atoms. The normalized spacial score (nSPS) is 10.7. The van der Waals surface area contributed by atoms with Crippen LogP contribution in [0.2, 0.25) is 0 Å². The number of nitrogens with zero attached hydrogens (tertiary/aromatic N) is 2. The lowest BCUT2D eigenvalue weighted by Gasteiger charge is -2.00. The number of rotatable bonds is 1. The summed E-state index contributed by atoms with van der Waals surface area (Å²) in [5.74, 6) is -1.25. The van der Waals surface area contributed by atoms with Gasteiger partial charge in [-0.05, 0) is 18.6 Å². The van der Waals surface area contributed by atoms with Gasteiger partial charge in [0.05, 0.1) is 5.56 Å². The van der Waals surface area contributed by atoms with E-state index in [1.165, 1.54) is 6.07 Å². The zero-order chi connectivity index (χ0) is 11.0. The monoisotopic (exact) mass is 322 g/mol. The van der Waals surface area contributed by atoms with Crippen molar-refractivity contribution < 1.29 is 13.3 Å². The molecule has 0 aliphatic carbocycles. The first-order valence-electron chi connectivity index (χ1n) is 4.03. The summed E-state index contributed by atoms with van der Waals surface area (Å²) in [5.41, 5.74) is 0.448. The molecule has 1 aromatic carbocycles. The van der Waals surface area contributed by atoms with E-state index < -0.39 is 11.6 Å². The third-order valence-corrected chi connectivity index (χ3v) is 2.32. The molecule has 0 atom stereocenters. The maximum absolute atomic E-state index is 13.4. The molecule has 15 heavy (non-hydrogen) atoms.